The summed E-state index contributed by atoms with van der Waals surface area (Å²) < 4.78 is 18.3. The third-order valence-corrected chi connectivity index (χ3v) is 3.05. The second-order valence-corrected chi connectivity index (χ2v) is 5.08. The van der Waals surface area contributed by atoms with Crippen molar-refractivity contribution in [3.63, 3.8) is 0 Å². The van der Waals surface area contributed by atoms with Crippen LogP contribution < -0.4 is 10.1 Å². The number of nitrogens with one attached hydrogen (secondary N) is 1. The van der Waals surface area contributed by atoms with E-state index in [4.69, 9.17) is 16.3 Å². The summed E-state index contributed by atoms with van der Waals surface area (Å²) in [4.78, 5) is 11.9. The molecule has 0 spiro atoms. The highest BCUT2D eigenvalue weighted by Crippen LogP contribution is 2.15. The molecule has 0 heterocycles. The number of hydrogen-bond donors (Lipinski definition) is 1. The first-order chi connectivity index (χ1) is 10.0. The molecule has 0 aromatic heterocycles. The maximum atomic E-state index is 12.8. The van der Waals surface area contributed by atoms with E-state index in [9.17, 15) is 9.18 Å². The highest BCUT2D eigenvalue weighted by molar-refractivity contribution is 6.30. The van der Waals surface area contributed by atoms with E-state index in [2.05, 4.69) is 5.32 Å². The van der Waals surface area contributed by atoms with Crippen LogP contribution >= 0.6 is 11.6 Å². The predicted octanol–water partition coefficient (Wildman–Crippen LogP) is 3.68. The first kappa shape index (κ1) is 15.3. The summed E-state index contributed by atoms with van der Waals surface area (Å²) >= 11 is 5.78. The van der Waals surface area contributed by atoms with E-state index in [1.807, 2.05) is 6.92 Å². The van der Waals surface area contributed by atoms with Gasteiger partial charge in [0.2, 0.25) is 0 Å². The molecule has 0 aliphatic heterocycles. The van der Waals surface area contributed by atoms with Gasteiger partial charge in [0.1, 0.15) is 18.2 Å². The van der Waals surface area contributed by atoms with E-state index in [-0.39, 0.29) is 17.8 Å². The summed E-state index contributed by atoms with van der Waals surface area (Å²) in [6, 6.07) is 12.2. The van der Waals surface area contributed by atoms with Gasteiger partial charge in [-0.2, -0.15) is 0 Å². The second-order valence-electron chi connectivity index (χ2n) is 4.65. The fourth-order valence-corrected chi connectivity index (χ4v) is 1.83. The summed E-state index contributed by atoms with van der Waals surface area (Å²) in [6.07, 6.45) is 0. The van der Waals surface area contributed by atoms with Gasteiger partial charge in [0.25, 0.3) is 5.91 Å². The van der Waals surface area contributed by atoms with Crippen LogP contribution in [0.25, 0.3) is 0 Å². The smallest absolute Gasteiger partial charge is 0.251 e. The van der Waals surface area contributed by atoms with Crippen molar-refractivity contribution in [1.82, 2.24) is 5.32 Å². The highest BCUT2D eigenvalue weighted by Gasteiger charge is 2.10. The van der Waals surface area contributed by atoms with Crippen molar-refractivity contribution in [2.75, 3.05) is 6.61 Å². The Bertz CT molecular complexity index is 599. The van der Waals surface area contributed by atoms with Crippen LogP contribution in [0, 0.1) is 5.82 Å². The van der Waals surface area contributed by atoms with Crippen molar-refractivity contribution in [2.24, 2.45) is 0 Å². The molecule has 1 N–H and O–H groups in total. The summed E-state index contributed by atoms with van der Waals surface area (Å²) in [5.74, 6) is 0.0511. The highest BCUT2D eigenvalue weighted by atomic mass is 35.5. The SMILES string of the molecule is C[C@H](COc1ccc(Cl)cc1)NC(=O)c1ccc(F)cc1. The zero-order valence-corrected chi connectivity index (χ0v) is 12.2. The number of carbonyl (C=O) groups excluding carboxylic acids is 1. The normalized spacial score (nSPS) is 11.8. The Labute approximate surface area is 127 Å². The van der Waals surface area contributed by atoms with Crippen LogP contribution in [0.2, 0.25) is 5.02 Å². The molecule has 0 aliphatic rings. The molecule has 0 unspecified atom stereocenters. The number of rotatable bonds is 5. The van der Waals surface area contributed by atoms with Crippen molar-refractivity contribution in [2.45, 2.75) is 13.0 Å². The molecular formula is C16H15ClFNO2. The van der Waals surface area contributed by atoms with Gasteiger partial charge in [-0.05, 0) is 55.5 Å². The van der Waals surface area contributed by atoms with Crippen LogP contribution in [0.5, 0.6) is 5.75 Å². The lowest BCUT2D eigenvalue weighted by Gasteiger charge is -2.15. The summed E-state index contributed by atoms with van der Waals surface area (Å²) in [7, 11) is 0. The standard InChI is InChI=1S/C16H15ClFNO2/c1-11(10-21-15-8-4-13(17)5-9-15)19-16(20)12-2-6-14(18)7-3-12/h2-9,11H,10H2,1H3,(H,19,20)/t11-/m1/s1. The van der Waals surface area contributed by atoms with Gasteiger partial charge in [-0.1, -0.05) is 11.6 Å². The molecule has 1 amide bonds. The number of halogens is 2. The van der Waals surface area contributed by atoms with Crippen LogP contribution in [0.4, 0.5) is 4.39 Å². The minimum Gasteiger partial charge on any atom is -0.491 e. The molecule has 5 heteroatoms. The average molecular weight is 308 g/mol. The molecule has 0 saturated heterocycles. The predicted molar refractivity (Wildman–Crippen MR) is 80.3 cm³/mol. The van der Waals surface area contributed by atoms with Gasteiger partial charge in [0.05, 0.1) is 6.04 Å². The molecule has 0 saturated carbocycles. The minimum absolute atomic E-state index is 0.182. The lowest BCUT2D eigenvalue weighted by atomic mass is 10.2. The van der Waals surface area contributed by atoms with Crippen LogP contribution in [0.1, 0.15) is 17.3 Å². The van der Waals surface area contributed by atoms with E-state index in [1.54, 1.807) is 24.3 Å². The Kier molecular flexibility index (Phi) is 5.17. The van der Waals surface area contributed by atoms with E-state index in [1.165, 1.54) is 24.3 Å². The topological polar surface area (TPSA) is 38.3 Å². The first-order valence-electron chi connectivity index (χ1n) is 6.49. The third kappa shape index (κ3) is 4.76. The number of benzene rings is 2. The minimum atomic E-state index is -0.370. The molecule has 0 bridgehead atoms. The van der Waals surface area contributed by atoms with E-state index in [0.717, 1.165) is 0 Å². The molecule has 21 heavy (non-hydrogen) atoms. The van der Waals surface area contributed by atoms with Crippen LogP contribution in [-0.2, 0) is 0 Å². The van der Waals surface area contributed by atoms with Crippen LogP contribution in [0.3, 0.4) is 0 Å². The Morgan fingerprint density at radius 2 is 1.81 bits per heavy atom. The van der Waals surface area contributed by atoms with Crippen molar-refractivity contribution in [3.05, 3.63) is 64.9 Å². The first-order valence-corrected chi connectivity index (χ1v) is 6.87. The maximum Gasteiger partial charge on any atom is 0.251 e. The number of hydrogen-bond acceptors (Lipinski definition) is 2. The van der Waals surface area contributed by atoms with E-state index >= 15 is 0 Å². The largest absolute Gasteiger partial charge is 0.491 e. The quantitative estimate of drug-likeness (QED) is 0.915. The number of amides is 1. The van der Waals surface area contributed by atoms with Crippen LogP contribution in [-0.4, -0.2) is 18.6 Å². The van der Waals surface area contributed by atoms with Crippen molar-refractivity contribution in [3.8, 4) is 5.75 Å². The zero-order chi connectivity index (χ0) is 15.2. The zero-order valence-electron chi connectivity index (χ0n) is 11.5. The fraction of sp³-hybridized carbons (Fsp3) is 0.188. The lowest BCUT2D eigenvalue weighted by molar-refractivity contribution is 0.0926. The maximum absolute atomic E-state index is 12.8. The Hall–Kier alpha value is -2.07. The van der Waals surface area contributed by atoms with Gasteiger partial charge in [-0.15, -0.1) is 0 Å². The molecule has 110 valence electrons. The van der Waals surface area contributed by atoms with Gasteiger partial charge < -0.3 is 10.1 Å². The number of ether oxygens (including phenoxy) is 1. The van der Waals surface area contributed by atoms with E-state index < -0.39 is 0 Å². The molecule has 1 atom stereocenters. The molecule has 0 fully saturated rings. The molecule has 0 aliphatic carbocycles. The molecule has 3 nitrogen and oxygen atoms in total. The summed E-state index contributed by atoms with van der Waals surface area (Å²) in [6.45, 7) is 2.16. The van der Waals surface area contributed by atoms with Crippen molar-refractivity contribution < 1.29 is 13.9 Å². The molecule has 2 aromatic carbocycles. The molecule has 2 rings (SSSR count). The molecule has 0 radical (unpaired) electrons. The molecule has 2 aromatic rings. The average Bonchev–Trinajstić information content (AvgIpc) is 2.47. The van der Waals surface area contributed by atoms with Gasteiger partial charge in [-0.3, -0.25) is 4.79 Å². The second kappa shape index (κ2) is 7.09. The van der Waals surface area contributed by atoms with Crippen molar-refractivity contribution in [1.29, 1.82) is 0 Å². The summed E-state index contributed by atoms with van der Waals surface area (Å²) in [5.41, 5.74) is 0.412. The fourth-order valence-electron chi connectivity index (χ4n) is 1.70. The van der Waals surface area contributed by atoms with Crippen LogP contribution in [0.15, 0.2) is 48.5 Å². The van der Waals surface area contributed by atoms with Gasteiger partial charge in [-0.25, -0.2) is 4.39 Å². The van der Waals surface area contributed by atoms with Gasteiger partial charge in [0, 0.05) is 10.6 Å². The lowest BCUT2D eigenvalue weighted by Crippen LogP contribution is -2.36. The van der Waals surface area contributed by atoms with E-state index in [0.29, 0.717) is 22.9 Å². The number of carbonyl (C=O) groups is 1. The van der Waals surface area contributed by atoms with Gasteiger partial charge >= 0.3 is 0 Å². The molecular weight excluding hydrogens is 293 g/mol. The van der Waals surface area contributed by atoms with Gasteiger partial charge in [0.15, 0.2) is 0 Å². The Balaban J connectivity index is 1.83. The monoisotopic (exact) mass is 307 g/mol. The van der Waals surface area contributed by atoms with Crippen molar-refractivity contribution >= 4 is 17.5 Å². The Morgan fingerprint density at radius 1 is 1.19 bits per heavy atom. The summed E-state index contributed by atoms with van der Waals surface area (Å²) in [5, 5.41) is 3.42. The Morgan fingerprint density at radius 3 is 2.43 bits per heavy atom. The third-order valence-electron chi connectivity index (χ3n) is 2.80.